The minimum absolute atomic E-state index is 0.0755. The van der Waals surface area contributed by atoms with Crippen molar-refractivity contribution in [2.75, 3.05) is 19.8 Å². The quantitative estimate of drug-likeness (QED) is 0.563. The van der Waals surface area contributed by atoms with Crippen molar-refractivity contribution in [3.63, 3.8) is 0 Å². The lowest BCUT2D eigenvalue weighted by Crippen LogP contribution is -2.15. The van der Waals surface area contributed by atoms with Gasteiger partial charge in [0.25, 0.3) is 0 Å². The van der Waals surface area contributed by atoms with Crippen LogP contribution in [0.15, 0.2) is 57.5 Å². The van der Waals surface area contributed by atoms with E-state index in [0.717, 1.165) is 23.3 Å². The number of benzene rings is 2. The predicted molar refractivity (Wildman–Crippen MR) is 113 cm³/mol. The number of ether oxygens (including phenoxy) is 3. The highest BCUT2D eigenvalue weighted by molar-refractivity contribution is 5.84. The van der Waals surface area contributed by atoms with Gasteiger partial charge in [0.1, 0.15) is 37.4 Å². The van der Waals surface area contributed by atoms with Crippen molar-refractivity contribution in [2.45, 2.75) is 27.2 Å². The first-order valence-electron chi connectivity index (χ1n) is 9.81. The van der Waals surface area contributed by atoms with E-state index in [1.165, 1.54) is 11.8 Å². The highest BCUT2D eigenvalue weighted by Crippen LogP contribution is 2.34. The zero-order valence-corrected chi connectivity index (χ0v) is 16.9. The predicted octanol–water partition coefficient (Wildman–Crippen LogP) is 5.14. The normalized spacial score (nSPS) is 12.7. The Labute approximate surface area is 169 Å². The molecule has 0 radical (unpaired) electrons. The number of fused-ring (bicyclic) bond motifs is 2. The number of hydrogen-bond acceptors (Lipinski definition) is 5. The van der Waals surface area contributed by atoms with Crippen LogP contribution in [0.2, 0.25) is 0 Å². The summed E-state index contributed by atoms with van der Waals surface area (Å²) in [6.45, 7) is 7.62. The monoisotopic (exact) mass is 392 g/mol. The summed E-state index contributed by atoms with van der Waals surface area (Å²) in [6.07, 6.45) is 4.28. The zero-order chi connectivity index (χ0) is 20.4. The van der Waals surface area contributed by atoms with E-state index in [-0.39, 0.29) is 5.43 Å². The van der Waals surface area contributed by atoms with Gasteiger partial charge in [-0.3, -0.25) is 4.79 Å². The van der Waals surface area contributed by atoms with E-state index in [2.05, 4.69) is 0 Å². The molecular formula is C24H24O5. The summed E-state index contributed by atoms with van der Waals surface area (Å²) in [5, 5.41) is 0.545. The third-order valence-corrected chi connectivity index (χ3v) is 4.92. The van der Waals surface area contributed by atoms with E-state index in [4.69, 9.17) is 18.6 Å². The molecule has 2 aromatic carbocycles. The molecular weight excluding hydrogens is 368 g/mol. The fraction of sp³-hybridized carbons (Fsp3) is 0.292. The molecule has 150 valence electrons. The van der Waals surface area contributed by atoms with Gasteiger partial charge >= 0.3 is 0 Å². The largest absolute Gasteiger partial charge is 0.489 e. The Morgan fingerprint density at radius 2 is 1.90 bits per heavy atom. The minimum Gasteiger partial charge on any atom is -0.489 e. The molecule has 0 unspecified atom stereocenters. The fourth-order valence-corrected chi connectivity index (χ4v) is 3.32. The van der Waals surface area contributed by atoms with Gasteiger partial charge < -0.3 is 18.6 Å². The lowest BCUT2D eigenvalue weighted by molar-refractivity contribution is 0.171. The summed E-state index contributed by atoms with van der Waals surface area (Å²) >= 11 is 0. The second-order valence-corrected chi connectivity index (χ2v) is 7.24. The fourth-order valence-electron chi connectivity index (χ4n) is 3.32. The van der Waals surface area contributed by atoms with Crippen LogP contribution in [-0.2, 0) is 6.42 Å². The molecule has 0 aliphatic carbocycles. The summed E-state index contributed by atoms with van der Waals surface area (Å²) in [5.74, 6) is 2.08. The van der Waals surface area contributed by atoms with Crippen molar-refractivity contribution in [1.82, 2.24) is 0 Å². The molecule has 1 aliphatic heterocycles. The van der Waals surface area contributed by atoms with Gasteiger partial charge in [0.05, 0.1) is 10.9 Å². The van der Waals surface area contributed by atoms with E-state index in [0.29, 0.717) is 47.9 Å². The zero-order valence-electron chi connectivity index (χ0n) is 16.9. The molecule has 3 aromatic rings. The Hall–Kier alpha value is -3.21. The Bertz CT molecular complexity index is 1140. The van der Waals surface area contributed by atoms with Crippen LogP contribution in [0, 0.1) is 0 Å². The summed E-state index contributed by atoms with van der Waals surface area (Å²) in [4.78, 5) is 13.2. The maximum Gasteiger partial charge on any atom is 0.200 e. The van der Waals surface area contributed by atoms with E-state index < -0.39 is 0 Å². The number of allylic oxidation sites excluding steroid dienone is 1. The van der Waals surface area contributed by atoms with Crippen molar-refractivity contribution in [2.24, 2.45) is 0 Å². The van der Waals surface area contributed by atoms with Gasteiger partial charge in [0.15, 0.2) is 11.5 Å². The SMILES string of the molecule is CCc1cc2c(=O)c(-c3ccc4c(c3)OCCO4)coc2cc1OCC=C(C)C. The Morgan fingerprint density at radius 1 is 1.10 bits per heavy atom. The molecule has 0 bridgehead atoms. The smallest absolute Gasteiger partial charge is 0.200 e. The molecule has 0 atom stereocenters. The van der Waals surface area contributed by atoms with Gasteiger partial charge in [-0.15, -0.1) is 0 Å². The van der Waals surface area contributed by atoms with Crippen LogP contribution < -0.4 is 19.6 Å². The first-order valence-corrected chi connectivity index (χ1v) is 9.81. The van der Waals surface area contributed by atoms with Crippen molar-refractivity contribution >= 4 is 11.0 Å². The van der Waals surface area contributed by atoms with E-state index in [1.54, 1.807) is 0 Å². The van der Waals surface area contributed by atoms with Crippen molar-refractivity contribution < 1.29 is 18.6 Å². The standard InChI is InChI=1S/C24H24O5/c1-4-16-11-18-22(13-21(16)26-8-7-15(2)3)29-14-19(24(18)25)17-5-6-20-23(12-17)28-10-9-27-20/h5-7,11-14H,4,8-10H2,1-3H3. The second kappa shape index (κ2) is 8.03. The van der Waals surface area contributed by atoms with E-state index in [9.17, 15) is 4.79 Å². The second-order valence-electron chi connectivity index (χ2n) is 7.24. The van der Waals surface area contributed by atoms with Crippen molar-refractivity contribution in [3.05, 3.63) is 64.0 Å². The summed E-state index contributed by atoms with van der Waals surface area (Å²) in [6, 6.07) is 9.18. The summed E-state index contributed by atoms with van der Waals surface area (Å²) < 4.78 is 22.9. The van der Waals surface area contributed by atoms with Gasteiger partial charge in [-0.05, 0) is 55.7 Å². The third kappa shape index (κ3) is 3.86. The first-order chi connectivity index (χ1) is 14.1. The molecule has 5 heteroatoms. The van der Waals surface area contributed by atoms with Crippen LogP contribution in [-0.4, -0.2) is 19.8 Å². The maximum atomic E-state index is 13.2. The molecule has 0 N–H and O–H groups in total. The highest BCUT2D eigenvalue weighted by Gasteiger charge is 2.16. The maximum absolute atomic E-state index is 13.2. The molecule has 5 nitrogen and oxygen atoms in total. The molecule has 0 saturated carbocycles. The number of rotatable bonds is 5. The molecule has 4 rings (SSSR count). The summed E-state index contributed by atoms with van der Waals surface area (Å²) in [7, 11) is 0. The van der Waals surface area contributed by atoms with E-state index >= 15 is 0 Å². The molecule has 0 fully saturated rings. The van der Waals surface area contributed by atoms with Crippen LogP contribution in [0.4, 0.5) is 0 Å². The Kier molecular flexibility index (Phi) is 5.30. The van der Waals surface area contributed by atoms with E-state index in [1.807, 2.05) is 57.2 Å². The van der Waals surface area contributed by atoms with Gasteiger partial charge in [-0.25, -0.2) is 0 Å². The average Bonchev–Trinajstić information content (AvgIpc) is 2.73. The first kappa shape index (κ1) is 19.1. The van der Waals surface area contributed by atoms with Crippen LogP contribution in [0.5, 0.6) is 17.2 Å². The van der Waals surface area contributed by atoms with Crippen molar-refractivity contribution in [3.8, 4) is 28.4 Å². The van der Waals surface area contributed by atoms with Gasteiger partial charge in [-0.1, -0.05) is 18.6 Å². The lowest BCUT2D eigenvalue weighted by atomic mass is 10.0. The Morgan fingerprint density at radius 3 is 2.66 bits per heavy atom. The van der Waals surface area contributed by atoms with Gasteiger partial charge in [-0.2, -0.15) is 0 Å². The third-order valence-electron chi connectivity index (χ3n) is 4.92. The molecule has 0 saturated heterocycles. The Balaban J connectivity index is 1.75. The van der Waals surface area contributed by atoms with Crippen LogP contribution in [0.3, 0.4) is 0 Å². The molecule has 0 amide bonds. The summed E-state index contributed by atoms with van der Waals surface area (Å²) in [5.41, 5.74) is 3.85. The van der Waals surface area contributed by atoms with Crippen LogP contribution in [0.1, 0.15) is 26.3 Å². The molecule has 1 aromatic heterocycles. The van der Waals surface area contributed by atoms with Crippen LogP contribution in [0.25, 0.3) is 22.1 Å². The molecule has 0 spiro atoms. The number of aryl methyl sites for hydroxylation is 1. The lowest BCUT2D eigenvalue weighted by Gasteiger charge is -2.18. The molecule has 2 heterocycles. The van der Waals surface area contributed by atoms with Crippen LogP contribution >= 0.6 is 0 Å². The molecule has 1 aliphatic rings. The number of hydrogen-bond donors (Lipinski definition) is 0. The highest BCUT2D eigenvalue weighted by atomic mass is 16.6. The van der Waals surface area contributed by atoms with Gasteiger partial charge in [0, 0.05) is 6.07 Å². The minimum atomic E-state index is -0.0755. The average molecular weight is 392 g/mol. The van der Waals surface area contributed by atoms with Gasteiger partial charge in [0.2, 0.25) is 5.43 Å². The van der Waals surface area contributed by atoms with Crippen molar-refractivity contribution in [1.29, 1.82) is 0 Å². The molecule has 29 heavy (non-hydrogen) atoms. The topological polar surface area (TPSA) is 57.9 Å².